The van der Waals surface area contributed by atoms with Crippen LogP contribution in [-0.4, -0.2) is 17.2 Å². The third-order valence-corrected chi connectivity index (χ3v) is 3.52. The van der Waals surface area contributed by atoms with Crippen molar-refractivity contribution in [3.63, 3.8) is 0 Å². The van der Waals surface area contributed by atoms with Crippen LogP contribution in [0.2, 0.25) is 5.02 Å². The number of carbonyl (C=O) groups is 1. The summed E-state index contributed by atoms with van der Waals surface area (Å²) in [6.07, 6.45) is 1.43. The Hall–Kier alpha value is -1.85. The van der Waals surface area contributed by atoms with Gasteiger partial charge in [0, 0.05) is 10.0 Å². The molecule has 0 spiro atoms. The largest absolute Gasteiger partial charge is 0.508 e. The van der Waals surface area contributed by atoms with Crippen LogP contribution in [0.4, 0.5) is 0 Å². The molecule has 0 saturated carbocycles. The molecule has 0 atom stereocenters. The molecule has 2 N–H and O–H groups in total. The Kier molecular flexibility index (Phi) is 4.76. The molecule has 0 radical (unpaired) electrons. The Morgan fingerprint density at radius 1 is 1.30 bits per heavy atom. The second-order valence-corrected chi connectivity index (χ2v) is 5.15. The molecule has 6 heteroatoms. The third-order valence-electron chi connectivity index (χ3n) is 2.47. The Morgan fingerprint density at radius 3 is 2.80 bits per heavy atom. The van der Waals surface area contributed by atoms with Crippen molar-refractivity contribution in [3.8, 4) is 5.75 Å². The van der Waals surface area contributed by atoms with E-state index in [4.69, 9.17) is 11.6 Å². The highest BCUT2D eigenvalue weighted by Crippen LogP contribution is 2.20. The summed E-state index contributed by atoms with van der Waals surface area (Å²) in [4.78, 5) is 11.8. The molecule has 1 amide bonds. The third kappa shape index (κ3) is 3.59. The highest BCUT2D eigenvalue weighted by atomic mass is 79.9. The van der Waals surface area contributed by atoms with E-state index in [1.165, 1.54) is 12.3 Å². The Labute approximate surface area is 129 Å². The van der Waals surface area contributed by atoms with Gasteiger partial charge in [0.25, 0.3) is 5.91 Å². The standard InChI is InChI=1S/C14H10BrClN2O2/c15-12-6-5-10(19)7-9(12)8-17-18-14(20)11-3-1-2-4-13(11)16/h1-8,19H,(H,18,20). The normalized spacial score (nSPS) is 10.7. The lowest BCUT2D eigenvalue weighted by molar-refractivity contribution is 0.0955. The minimum absolute atomic E-state index is 0.118. The fraction of sp³-hybridized carbons (Fsp3) is 0. The summed E-state index contributed by atoms with van der Waals surface area (Å²) >= 11 is 9.23. The van der Waals surface area contributed by atoms with Gasteiger partial charge in [-0.15, -0.1) is 0 Å². The van der Waals surface area contributed by atoms with E-state index in [1.807, 2.05) is 0 Å². The molecule has 0 fully saturated rings. The molecule has 0 aromatic heterocycles. The van der Waals surface area contributed by atoms with Crippen molar-refractivity contribution >= 4 is 39.7 Å². The molecule has 0 aliphatic heterocycles. The van der Waals surface area contributed by atoms with Gasteiger partial charge in [-0.1, -0.05) is 39.7 Å². The highest BCUT2D eigenvalue weighted by Gasteiger charge is 2.07. The minimum atomic E-state index is -0.400. The van der Waals surface area contributed by atoms with Gasteiger partial charge in [-0.2, -0.15) is 5.10 Å². The fourth-order valence-electron chi connectivity index (χ4n) is 1.50. The molecule has 102 valence electrons. The molecular weight excluding hydrogens is 344 g/mol. The number of aromatic hydroxyl groups is 1. The van der Waals surface area contributed by atoms with E-state index in [0.29, 0.717) is 16.1 Å². The maximum Gasteiger partial charge on any atom is 0.272 e. The summed E-state index contributed by atoms with van der Waals surface area (Å²) in [5.74, 6) is -0.282. The van der Waals surface area contributed by atoms with Gasteiger partial charge in [-0.3, -0.25) is 4.79 Å². The zero-order chi connectivity index (χ0) is 14.5. The van der Waals surface area contributed by atoms with Gasteiger partial charge >= 0.3 is 0 Å². The fourth-order valence-corrected chi connectivity index (χ4v) is 2.07. The van der Waals surface area contributed by atoms with Gasteiger partial charge < -0.3 is 5.11 Å². The first-order chi connectivity index (χ1) is 9.58. The molecule has 2 rings (SSSR count). The SMILES string of the molecule is O=C(NN=Cc1cc(O)ccc1Br)c1ccccc1Cl. The molecule has 0 saturated heterocycles. The molecule has 2 aromatic rings. The van der Waals surface area contributed by atoms with Crippen molar-refractivity contribution in [1.29, 1.82) is 0 Å². The zero-order valence-electron chi connectivity index (χ0n) is 10.2. The van der Waals surface area contributed by atoms with Crippen molar-refractivity contribution in [3.05, 3.63) is 63.1 Å². The number of phenols is 1. The first kappa shape index (κ1) is 14.6. The van der Waals surface area contributed by atoms with Gasteiger partial charge in [0.15, 0.2) is 0 Å². The molecule has 0 heterocycles. The van der Waals surface area contributed by atoms with Crippen LogP contribution in [-0.2, 0) is 0 Å². The first-order valence-electron chi connectivity index (χ1n) is 5.64. The predicted molar refractivity (Wildman–Crippen MR) is 82.3 cm³/mol. The molecule has 20 heavy (non-hydrogen) atoms. The number of nitrogens with one attached hydrogen (secondary N) is 1. The lowest BCUT2D eigenvalue weighted by atomic mass is 10.2. The molecule has 2 aromatic carbocycles. The average molecular weight is 354 g/mol. The van der Waals surface area contributed by atoms with E-state index in [2.05, 4.69) is 26.5 Å². The number of rotatable bonds is 3. The molecule has 0 aliphatic carbocycles. The van der Waals surface area contributed by atoms with Crippen molar-refractivity contribution in [2.45, 2.75) is 0 Å². The Bertz CT molecular complexity index is 674. The summed E-state index contributed by atoms with van der Waals surface area (Å²) < 4.78 is 0.756. The van der Waals surface area contributed by atoms with Crippen molar-refractivity contribution in [2.75, 3.05) is 0 Å². The lowest BCUT2D eigenvalue weighted by Gasteiger charge is -2.02. The molecule has 0 bridgehead atoms. The topological polar surface area (TPSA) is 61.7 Å². The summed E-state index contributed by atoms with van der Waals surface area (Å²) in [6, 6.07) is 11.5. The van der Waals surface area contributed by atoms with E-state index in [0.717, 1.165) is 4.47 Å². The molecule has 0 aliphatic rings. The Balaban J connectivity index is 2.09. The molecular formula is C14H10BrClN2O2. The number of amides is 1. The monoisotopic (exact) mass is 352 g/mol. The minimum Gasteiger partial charge on any atom is -0.508 e. The lowest BCUT2D eigenvalue weighted by Crippen LogP contribution is -2.17. The number of nitrogens with zero attached hydrogens (tertiary/aromatic N) is 1. The summed E-state index contributed by atoms with van der Waals surface area (Å²) in [7, 11) is 0. The van der Waals surface area contributed by atoms with Crippen LogP contribution >= 0.6 is 27.5 Å². The van der Waals surface area contributed by atoms with E-state index in [1.54, 1.807) is 36.4 Å². The van der Waals surface area contributed by atoms with E-state index in [-0.39, 0.29) is 5.75 Å². The van der Waals surface area contributed by atoms with Crippen LogP contribution in [0.3, 0.4) is 0 Å². The maximum atomic E-state index is 11.8. The second kappa shape index (κ2) is 6.54. The Morgan fingerprint density at radius 2 is 2.05 bits per heavy atom. The average Bonchev–Trinajstić information content (AvgIpc) is 2.43. The smallest absolute Gasteiger partial charge is 0.272 e. The number of hydrogen-bond donors (Lipinski definition) is 2. The van der Waals surface area contributed by atoms with Gasteiger partial charge in [-0.25, -0.2) is 5.43 Å². The van der Waals surface area contributed by atoms with Crippen LogP contribution < -0.4 is 5.43 Å². The van der Waals surface area contributed by atoms with Gasteiger partial charge in [0.1, 0.15) is 5.75 Å². The van der Waals surface area contributed by atoms with Crippen LogP contribution in [0, 0.1) is 0 Å². The number of halogens is 2. The predicted octanol–water partition coefficient (Wildman–Crippen LogP) is 3.57. The van der Waals surface area contributed by atoms with Crippen molar-refractivity contribution < 1.29 is 9.90 Å². The van der Waals surface area contributed by atoms with Crippen molar-refractivity contribution in [1.82, 2.24) is 5.43 Å². The van der Waals surface area contributed by atoms with Gasteiger partial charge in [-0.05, 0) is 30.3 Å². The summed E-state index contributed by atoms with van der Waals surface area (Å²) in [5.41, 5.74) is 3.37. The second-order valence-electron chi connectivity index (χ2n) is 3.88. The zero-order valence-corrected chi connectivity index (χ0v) is 12.5. The highest BCUT2D eigenvalue weighted by molar-refractivity contribution is 9.10. The maximum absolute atomic E-state index is 11.8. The number of benzene rings is 2. The van der Waals surface area contributed by atoms with Crippen LogP contribution in [0.5, 0.6) is 5.75 Å². The number of hydrogen-bond acceptors (Lipinski definition) is 3. The molecule has 4 nitrogen and oxygen atoms in total. The van der Waals surface area contributed by atoms with Crippen LogP contribution in [0.1, 0.15) is 15.9 Å². The number of carbonyl (C=O) groups excluding carboxylic acids is 1. The van der Waals surface area contributed by atoms with Crippen molar-refractivity contribution in [2.24, 2.45) is 5.10 Å². The van der Waals surface area contributed by atoms with E-state index >= 15 is 0 Å². The number of hydrazone groups is 1. The summed E-state index contributed by atoms with van der Waals surface area (Å²) in [5, 5.41) is 13.6. The van der Waals surface area contributed by atoms with Gasteiger partial charge in [0.05, 0.1) is 16.8 Å². The van der Waals surface area contributed by atoms with Crippen LogP contribution in [0.15, 0.2) is 52.0 Å². The van der Waals surface area contributed by atoms with E-state index in [9.17, 15) is 9.90 Å². The van der Waals surface area contributed by atoms with Crippen LogP contribution in [0.25, 0.3) is 0 Å². The van der Waals surface area contributed by atoms with Gasteiger partial charge in [0.2, 0.25) is 0 Å². The summed E-state index contributed by atoms with van der Waals surface area (Å²) in [6.45, 7) is 0. The van der Waals surface area contributed by atoms with E-state index < -0.39 is 5.91 Å². The quantitative estimate of drug-likeness (QED) is 0.654. The number of phenolic OH excluding ortho intramolecular Hbond substituents is 1. The first-order valence-corrected chi connectivity index (χ1v) is 6.81. The molecule has 0 unspecified atom stereocenters.